The Morgan fingerprint density at radius 3 is 1.85 bits per heavy atom. The highest BCUT2D eigenvalue weighted by Crippen LogP contribution is 2.28. The highest BCUT2D eigenvalue weighted by molar-refractivity contribution is 7.99. The number of benzene rings is 3. The standard InChI is InChI=1S/C40H46N12O8S/c41-34(53)32-21-61-33-14-13-26(52(59)60)19-27(33)35(54)48-31(18-25-20-44-22-46-25)39(58)50-29(16-23-8-3-1-4-9-23)37(56)47-28(12-7-15-45-40(42)43)36(55)49-30(38(57)51-32)17-24-10-5-2-6-11-24/h1-6,8-11,13-14,19-20,22,28-32H,7,12,15-18,21H2,(H2,41,53)(H,44,46)(H,47,56)(H,48,54)(H,49,55)(H,50,58)(H,51,57)(H4,42,43,45)/t28-,29+,30+,31-,32-/m0/s1. The molecule has 4 aromatic rings. The number of nitrogens with zero attached hydrogens (tertiary/aromatic N) is 3. The zero-order valence-electron chi connectivity index (χ0n) is 32.7. The molecular formula is C40H46N12O8S. The Bertz CT molecular complexity index is 2220. The molecule has 0 fully saturated rings. The molecule has 1 aliphatic rings. The van der Waals surface area contributed by atoms with Gasteiger partial charge in [-0.05, 0) is 30.0 Å². The lowest BCUT2D eigenvalue weighted by Crippen LogP contribution is -2.60. The van der Waals surface area contributed by atoms with Gasteiger partial charge in [0.2, 0.25) is 29.5 Å². The lowest BCUT2D eigenvalue weighted by Gasteiger charge is -2.27. The number of imidazole rings is 1. The Morgan fingerprint density at radius 2 is 1.31 bits per heavy atom. The van der Waals surface area contributed by atoms with Crippen LogP contribution in [-0.2, 0) is 43.2 Å². The van der Waals surface area contributed by atoms with Gasteiger partial charge in [0, 0.05) is 60.5 Å². The summed E-state index contributed by atoms with van der Waals surface area (Å²) in [6.07, 6.45) is 2.77. The van der Waals surface area contributed by atoms with Crippen molar-refractivity contribution in [3.8, 4) is 0 Å². The van der Waals surface area contributed by atoms with Crippen molar-refractivity contribution in [1.29, 1.82) is 0 Å². The molecule has 12 N–H and O–H groups in total. The predicted octanol–water partition coefficient (Wildman–Crippen LogP) is -0.272. The van der Waals surface area contributed by atoms with Crippen molar-refractivity contribution in [3.05, 3.63) is 124 Å². The number of fused-ring (bicyclic) bond motifs is 1. The number of amides is 6. The number of rotatable bonds is 12. The van der Waals surface area contributed by atoms with E-state index < -0.39 is 76.3 Å². The number of carbonyl (C=O) groups excluding carboxylic acids is 6. The van der Waals surface area contributed by atoms with Crippen molar-refractivity contribution in [2.45, 2.75) is 67.2 Å². The topological polar surface area (TPSA) is 325 Å². The van der Waals surface area contributed by atoms with Crippen LogP contribution in [0, 0.1) is 10.1 Å². The monoisotopic (exact) mass is 854 g/mol. The van der Waals surface area contributed by atoms with E-state index in [1.54, 1.807) is 60.7 Å². The minimum absolute atomic E-state index is 0.0104. The number of carbonyl (C=O) groups is 6. The number of non-ortho nitro benzene ring substituents is 1. The molecule has 0 spiro atoms. The zero-order chi connectivity index (χ0) is 43.9. The molecule has 0 saturated heterocycles. The molecular weight excluding hydrogens is 809 g/mol. The van der Waals surface area contributed by atoms with Crippen molar-refractivity contribution in [1.82, 2.24) is 36.6 Å². The van der Waals surface area contributed by atoms with Crippen LogP contribution in [0.3, 0.4) is 0 Å². The van der Waals surface area contributed by atoms with Gasteiger partial charge < -0.3 is 48.8 Å². The molecule has 0 radical (unpaired) electrons. The Balaban J connectivity index is 1.59. The fourth-order valence-corrected chi connectivity index (χ4v) is 7.41. The summed E-state index contributed by atoms with van der Waals surface area (Å²) in [4.78, 5) is 106. The molecule has 21 heteroatoms. The van der Waals surface area contributed by atoms with E-state index in [4.69, 9.17) is 17.2 Å². The van der Waals surface area contributed by atoms with E-state index in [1.807, 2.05) is 0 Å². The Kier molecular flexibility index (Phi) is 15.9. The van der Waals surface area contributed by atoms with Crippen LogP contribution in [0.2, 0.25) is 0 Å². The molecule has 3 aromatic carbocycles. The van der Waals surface area contributed by atoms with Gasteiger partial charge in [0.15, 0.2) is 5.96 Å². The molecule has 2 heterocycles. The number of aromatic nitrogens is 2. The molecule has 320 valence electrons. The molecule has 0 unspecified atom stereocenters. The number of aromatic amines is 1. The number of H-pyrrole nitrogens is 1. The summed E-state index contributed by atoms with van der Waals surface area (Å²) in [5.74, 6) is -5.41. The van der Waals surface area contributed by atoms with Gasteiger partial charge in [-0.2, -0.15) is 0 Å². The third-order valence-corrected chi connectivity index (χ3v) is 10.7. The van der Waals surface area contributed by atoms with Crippen molar-refractivity contribution < 1.29 is 33.7 Å². The fraction of sp³-hybridized carbons (Fsp3) is 0.300. The minimum Gasteiger partial charge on any atom is -0.370 e. The third kappa shape index (κ3) is 13.4. The number of nitrogens with two attached hydrogens (primary N) is 3. The van der Waals surface area contributed by atoms with Crippen LogP contribution >= 0.6 is 11.8 Å². The van der Waals surface area contributed by atoms with Gasteiger partial charge in [0.25, 0.3) is 11.6 Å². The summed E-state index contributed by atoms with van der Waals surface area (Å²) in [5.41, 5.74) is 17.8. The van der Waals surface area contributed by atoms with E-state index in [0.29, 0.717) is 16.8 Å². The van der Waals surface area contributed by atoms with E-state index in [0.717, 1.165) is 23.9 Å². The van der Waals surface area contributed by atoms with Crippen LogP contribution in [-0.4, -0.2) is 98.8 Å². The molecule has 61 heavy (non-hydrogen) atoms. The van der Waals surface area contributed by atoms with Gasteiger partial charge >= 0.3 is 0 Å². The van der Waals surface area contributed by atoms with Gasteiger partial charge in [-0.1, -0.05) is 60.7 Å². The van der Waals surface area contributed by atoms with Crippen LogP contribution in [0.25, 0.3) is 0 Å². The summed E-state index contributed by atoms with van der Waals surface area (Å²) in [5, 5.41) is 25.3. The van der Waals surface area contributed by atoms with Crippen molar-refractivity contribution >= 4 is 58.9 Å². The zero-order valence-corrected chi connectivity index (χ0v) is 33.6. The van der Waals surface area contributed by atoms with Gasteiger partial charge in [0.1, 0.15) is 30.2 Å². The number of hydrogen-bond donors (Lipinski definition) is 9. The number of guanidine groups is 1. The second kappa shape index (κ2) is 21.6. The highest BCUT2D eigenvalue weighted by atomic mass is 32.2. The first-order valence-corrected chi connectivity index (χ1v) is 20.1. The first-order chi connectivity index (χ1) is 29.3. The van der Waals surface area contributed by atoms with Crippen molar-refractivity contribution in [3.63, 3.8) is 0 Å². The van der Waals surface area contributed by atoms with Crippen LogP contribution in [0.15, 0.2) is 101 Å². The number of primary amides is 1. The molecule has 6 amide bonds. The molecule has 5 atom stereocenters. The molecule has 20 nitrogen and oxygen atoms in total. The van der Waals surface area contributed by atoms with Crippen molar-refractivity contribution in [2.24, 2.45) is 22.2 Å². The first-order valence-electron chi connectivity index (χ1n) is 19.1. The molecule has 1 aliphatic heterocycles. The SMILES string of the molecule is NC(=O)[C@@H]1CSc2ccc([N+](=O)[O-])cc2C(=O)N[C@@H](Cc2cnc[nH]2)C(=O)N[C@H](Cc2ccccc2)C(=O)N[C@@H](CCCN=C(N)N)C(=O)N[C@H](Cc2ccccc2)C(=O)N1. The molecule has 0 aliphatic carbocycles. The van der Waals surface area contributed by atoms with E-state index >= 15 is 0 Å². The number of aliphatic imine (C=N–C) groups is 1. The number of hydrogen-bond acceptors (Lipinski definition) is 11. The Hall–Kier alpha value is -7.29. The lowest BCUT2D eigenvalue weighted by atomic mass is 10.0. The minimum atomic E-state index is -1.38. The second-order valence-electron chi connectivity index (χ2n) is 14.0. The van der Waals surface area contributed by atoms with Crippen LogP contribution in [0.1, 0.15) is 40.0 Å². The Labute approximate surface area is 353 Å². The fourth-order valence-electron chi connectivity index (χ4n) is 6.34. The van der Waals surface area contributed by atoms with E-state index in [1.165, 1.54) is 18.6 Å². The average molecular weight is 855 g/mol. The maximum Gasteiger partial charge on any atom is 0.270 e. The van der Waals surface area contributed by atoms with Gasteiger partial charge in [0.05, 0.1) is 16.8 Å². The largest absolute Gasteiger partial charge is 0.370 e. The van der Waals surface area contributed by atoms with Crippen LogP contribution in [0.5, 0.6) is 0 Å². The predicted molar refractivity (Wildman–Crippen MR) is 224 cm³/mol. The average Bonchev–Trinajstić information content (AvgIpc) is 3.76. The Morgan fingerprint density at radius 1 is 0.754 bits per heavy atom. The summed E-state index contributed by atoms with van der Waals surface area (Å²) < 4.78 is 0. The third-order valence-electron chi connectivity index (χ3n) is 9.49. The molecule has 5 rings (SSSR count). The normalized spacial score (nSPS) is 20.5. The highest BCUT2D eigenvalue weighted by Gasteiger charge is 2.34. The summed E-state index contributed by atoms with van der Waals surface area (Å²) in [6, 6.07) is 14.3. The summed E-state index contributed by atoms with van der Waals surface area (Å²) in [7, 11) is 0. The molecule has 0 bridgehead atoms. The quantitative estimate of drug-likeness (QED) is 0.0293. The lowest BCUT2D eigenvalue weighted by molar-refractivity contribution is -0.384. The maximum absolute atomic E-state index is 14.3. The number of nitro benzene ring substituents is 1. The smallest absolute Gasteiger partial charge is 0.270 e. The van der Waals surface area contributed by atoms with Gasteiger partial charge in [-0.15, -0.1) is 11.8 Å². The van der Waals surface area contributed by atoms with Crippen LogP contribution < -0.4 is 43.8 Å². The first kappa shape index (κ1) is 44.8. The van der Waals surface area contributed by atoms with Gasteiger partial charge in [-0.25, -0.2) is 4.98 Å². The maximum atomic E-state index is 14.3. The number of nitro groups is 1. The van der Waals surface area contributed by atoms with E-state index in [2.05, 4.69) is 41.5 Å². The van der Waals surface area contributed by atoms with E-state index in [-0.39, 0.29) is 60.8 Å². The number of nitrogens with one attached hydrogen (secondary N) is 6. The van der Waals surface area contributed by atoms with Crippen molar-refractivity contribution in [2.75, 3.05) is 12.3 Å². The number of thioether (sulfide) groups is 1. The molecule has 1 aromatic heterocycles. The summed E-state index contributed by atoms with van der Waals surface area (Å²) >= 11 is 0.899. The second-order valence-corrected chi connectivity index (χ2v) is 15.1. The molecule has 0 saturated carbocycles. The van der Waals surface area contributed by atoms with Crippen LogP contribution in [0.4, 0.5) is 5.69 Å². The van der Waals surface area contributed by atoms with E-state index in [9.17, 15) is 38.9 Å². The van der Waals surface area contributed by atoms with Gasteiger partial charge in [-0.3, -0.25) is 43.9 Å². The summed E-state index contributed by atoms with van der Waals surface area (Å²) in [6.45, 7) is 0.0958.